The molecule has 7 heteroatoms. The molecule has 1 aliphatic rings. The predicted octanol–water partition coefficient (Wildman–Crippen LogP) is 7.17. The minimum Gasteiger partial charge on any atom is -0.507 e. The topological polar surface area (TPSA) is 89.0 Å². The number of ether oxygens (including phenoxy) is 2. The van der Waals surface area contributed by atoms with Gasteiger partial charge in [0.1, 0.15) is 30.5 Å². The second-order valence-corrected chi connectivity index (χ2v) is 10.9. The number of pyridine rings is 1. The molecule has 1 atom stereocenters. The highest BCUT2D eigenvalue weighted by Crippen LogP contribution is 2.41. The van der Waals surface area contributed by atoms with Gasteiger partial charge in [0.15, 0.2) is 0 Å². The van der Waals surface area contributed by atoms with Gasteiger partial charge in [0, 0.05) is 24.5 Å². The van der Waals surface area contributed by atoms with Crippen molar-refractivity contribution in [2.24, 2.45) is 0 Å². The summed E-state index contributed by atoms with van der Waals surface area (Å²) < 4.78 is 11.9. The quantitative estimate of drug-likeness (QED) is 0.104. The second kappa shape index (κ2) is 13.3. The van der Waals surface area contributed by atoms with Gasteiger partial charge < -0.3 is 19.5 Å². The van der Waals surface area contributed by atoms with Gasteiger partial charge in [-0.1, -0.05) is 72.3 Å². The van der Waals surface area contributed by atoms with Crippen LogP contribution in [0.15, 0.2) is 133 Å². The number of carbonyl (C=O) groups is 2. The Kier molecular flexibility index (Phi) is 8.69. The van der Waals surface area contributed by atoms with Gasteiger partial charge in [0.05, 0.1) is 11.6 Å². The molecule has 4 aromatic carbocycles. The SMILES string of the molecule is Cc1cccc(COc2ccc(C(O)=C3C(=O)C(=O)N(Cc4ccncc4)[C@H]3c3ccc(OCc4ccccc4)cc3)cc2)c1. The number of aromatic nitrogens is 1. The molecule has 1 saturated heterocycles. The number of aliphatic hydroxyl groups is 1. The maximum Gasteiger partial charge on any atom is 0.295 e. The summed E-state index contributed by atoms with van der Waals surface area (Å²) in [5.74, 6) is -0.398. The molecule has 7 nitrogen and oxygen atoms in total. The van der Waals surface area contributed by atoms with Gasteiger partial charge in [-0.3, -0.25) is 14.6 Å². The zero-order chi connectivity index (χ0) is 31.2. The lowest BCUT2D eigenvalue weighted by Crippen LogP contribution is -2.29. The summed E-state index contributed by atoms with van der Waals surface area (Å²) >= 11 is 0. The summed E-state index contributed by atoms with van der Waals surface area (Å²) in [5, 5.41) is 11.5. The van der Waals surface area contributed by atoms with E-state index in [1.54, 1.807) is 48.8 Å². The summed E-state index contributed by atoms with van der Waals surface area (Å²) in [7, 11) is 0. The number of rotatable bonds is 10. The Morgan fingerprint density at radius 1 is 0.733 bits per heavy atom. The monoisotopic (exact) mass is 596 g/mol. The summed E-state index contributed by atoms with van der Waals surface area (Å²) in [4.78, 5) is 32.5. The smallest absolute Gasteiger partial charge is 0.295 e. The van der Waals surface area contributed by atoms with Crippen LogP contribution in [0.1, 0.15) is 39.4 Å². The van der Waals surface area contributed by atoms with E-state index in [1.807, 2.05) is 79.7 Å². The lowest BCUT2D eigenvalue weighted by molar-refractivity contribution is -0.140. The van der Waals surface area contributed by atoms with Crippen molar-refractivity contribution in [1.82, 2.24) is 9.88 Å². The summed E-state index contributed by atoms with van der Waals surface area (Å²) in [6, 6.07) is 34.9. The number of aryl methyl sites for hydroxylation is 1. The fourth-order valence-electron chi connectivity index (χ4n) is 5.39. The first-order valence-corrected chi connectivity index (χ1v) is 14.7. The zero-order valence-electron chi connectivity index (χ0n) is 24.8. The van der Waals surface area contributed by atoms with E-state index in [4.69, 9.17) is 9.47 Å². The van der Waals surface area contributed by atoms with Crippen molar-refractivity contribution >= 4 is 17.4 Å². The molecule has 0 bridgehead atoms. The van der Waals surface area contributed by atoms with E-state index >= 15 is 0 Å². The van der Waals surface area contributed by atoms with Gasteiger partial charge in [0.2, 0.25) is 0 Å². The van der Waals surface area contributed by atoms with E-state index in [0.717, 1.165) is 22.3 Å². The number of hydrogen-bond acceptors (Lipinski definition) is 6. The Labute approximate surface area is 262 Å². The molecular weight excluding hydrogens is 564 g/mol. The third kappa shape index (κ3) is 6.78. The molecule has 224 valence electrons. The lowest BCUT2D eigenvalue weighted by atomic mass is 9.95. The number of likely N-dealkylation sites (tertiary alicyclic amines) is 1. The standard InChI is InChI=1S/C38H32N2O5/c1-26-6-5-9-29(22-26)25-45-33-16-12-31(13-17-33)36(41)34-35(40(38(43)37(34)42)23-27-18-20-39-21-19-27)30-10-14-32(15-11-30)44-24-28-7-3-2-4-8-28/h2-22,35,41H,23-25H2,1H3/t35-/m0/s1. The number of ketones is 1. The largest absolute Gasteiger partial charge is 0.507 e. The normalized spacial score (nSPS) is 15.7. The van der Waals surface area contributed by atoms with Crippen LogP contribution in [0.4, 0.5) is 0 Å². The molecular formula is C38H32N2O5. The van der Waals surface area contributed by atoms with Crippen LogP contribution in [0.2, 0.25) is 0 Å². The van der Waals surface area contributed by atoms with Crippen molar-refractivity contribution in [3.63, 3.8) is 0 Å². The molecule has 1 aromatic heterocycles. The summed E-state index contributed by atoms with van der Waals surface area (Å²) in [5.41, 5.74) is 5.17. The minimum absolute atomic E-state index is 0.0282. The average Bonchev–Trinajstić information content (AvgIpc) is 3.32. The van der Waals surface area contributed by atoms with Crippen LogP contribution in [0.5, 0.6) is 11.5 Å². The van der Waals surface area contributed by atoms with Crippen molar-refractivity contribution in [2.75, 3.05) is 0 Å². The Balaban J connectivity index is 1.28. The van der Waals surface area contributed by atoms with Crippen LogP contribution in [0, 0.1) is 6.92 Å². The first-order valence-electron chi connectivity index (χ1n) is 14.7. The van der Waals surface area contributed by atoms with Gasteiger partial charge in [-0.25, -0.2) is 0 Å². The van der Waals surface area contributed by atoms with E-state index in [9.17, 15) is 14.7 Å². The molecule has 1 fully saturated rings. The van der Waals surface area contributed by atoms with Crippen molar-refractivity contribution < 1.29 is 24.2 Å². The molecule has 0 saturated carbocycles. The fourth-order valence-corrected chi connectivity index (χ4v) is 5.39. The van der Waals surface area contributed by atoms with Gasteiger partial charge in [-0.2, -0.15) is 0 Å². The molecule has 1 amide bonds. The maximum absolute atomic E-state index is 13.5. The minimum atomic E-state index is -0.807. The van der Waals surface area contributed by atoms with Crippen molar-refractivity contribution in [3.05, 3.63) is 167 Å². The number of amides is 1. The third-order valence-corrected chi connectivity index (χ3v) is 7.70. The Hall–Kier alpha value is -5.69. The molecule has 0 radical (unpaired) electrons. The van der Waals surface area contributed by atoms with Crippen LogP contribution in [-0.2, 0) is 29.3 Å². The molecule has 45 heavy (non-hydrogen) atoms. The fraction of sp³-hybridized carbons (Fsp3) is 0.132. The van der Waals surface area contributed by atoms with Crippen molar-refractivity contribution in [2.45, 2.75) is 32.7 Å². The first-order chi connectivity index (χ1) is 22.0. The van der Waals surface area contributed by atoms with Crippen LogP contribution >= 0.6 is 0 Å². The van der Waals surface area contributed by atoms with Gasteiger partial charge in [-0.05, 0) is 77.7 Å². The molecule has 0 unspecified atom stereocenters. The van der Waals surface area contributed by atoms with Gasteiger partial charge in [0.25, 0.3) is 11.7 Å². The van der Waals surface area contributed by atoms with Crippen LogP contribution < -0.4 is 9.47 Å². The number of Topliss-reactive ketones (excluding diaryl/α,β-unsaturated/α-hetero) is 1. The average molecular weight is 597 g/mol. The summed E-state index contributed by atoms with van der Waals surface area (Å²) in [6.45, 7) is 3.01. The molecule has 1 aliphatic heterocycles. The Bertz CT molecular complexity index is 1820. The van der Waals surface area contributed by atoms with Crippen molar-refractivity contribution in [3.8, 4) is 11.5 Å². The number of benzene rings is 4. The van der Waals surface area contributed by atoms with Gasteiger partial charge in [-0.15, -0.1) is 0 Å². The highest BCUT2D eigenvalue weighted by molar-refractivity contribution is 6.46. The highest BCUT2D eigenvalue weighted by Gasteiger charge is 2.46. The Morgan fingerprint density at radius 3 is 2.02 bits per heavy atom. The van der Waals surface area contributed by atoms with Crippen LogP contribution in [0.25, 0.3) is 5.76 Å². The third-order valence-electron chi connectivity index (χ3n) is 7.70. The molecule has 6 rings (SSSR count). The second-order valence-electron chi connectivity index (χ2n) is 10.9. The number of carbonyl (C=O) groups excluding carboxylic acids is 2. The lowest BCUT2D eigenvalue weighted by Gasteiger charge is -2.25. The van der Waals surface area contributed by atoms with E-state index in [1.165, 1.54) is 4.90 Å². The molecule has 2 heterocycles. The van der Waals surface area contributed by atoms with E-state index in [0.29, 0.717) is 35.8 Å². The Morgan fingerprint density at radius 2 is 1.36 bits per heavy atom. The van der Waals surface area contributed by atoms with E-state index in [2.05, 4.69) is 11.1 Å². The molecule has 1 N–H and O–H groups in total. The first kappa shape index (κ1) is 29.4. The van der Waals surface area contributed by atoms with E-state index < -0.39 is 17.7 Å². The number of nitrogens with zero attached hydrogens (tertiary/aromatic N) is 2. The number of hydrogen-bond donors (Lipinski definition) is 1. The van der Waals surface area contributed by atoms with Crippen molar-refractivity contribution in [1.29, 1.82) is 0 Å². The maximum atomic E-state index is 13.5. The van der Waals surface area contributed by atoms with Crippen LogP contribution in [0.3, 0.4) is 0 Å². The molecule has 5 aromatic rings. The summed E-state index contributed by atoms with van der Waals surface area (Å²) in [6.07, 6.45) is 3.28. The zero-order valence-corrected chi connectivity index (χ0v) is 24.8. The molecule has 0 aliphatic carbocycles. The number of aliphatic hydroxyl groups excluding tert-OH is 1. The molecule has 0 spiro atoms. The predicted molar refractivity (Wildman–Crippen MR) is 171 cm³/mol. The van der Waals surface area contributed by atoms with Crippen LogP contribution in [-0.4, -0.2) is 26.7 Å². The van der Waals surface area contributed by atoms with E-state index in [-0.39, 0.29) is 17.9 Å². The highest BCUT2D eigenvalue weighted by atomic mass is 16.5. The van der Waals surface area contributed by atoms with Gasteiger partial charge >= 0.3 is 0 Å².